The fourth-order valence-corrected chi connectivity index (χ4v) is 1.73. The summed E-state index contributed by atoms with van der Waals surface area (Å²) in [5.74, 6) is -0.0415. The van der Waals surface area contributed by atoms with Gasteiger partial charge in [0.15, 0.2) is 11.6 Å². The Morgan fingerprint density at radius 2 is 2.05 bits per heavy atom. The zero-order chi connectivity index (χ0) is 14.5. The first-order valence-corrected chi connectivity index (χ1v) is 6.50. The van der Waals surface area contributed by atoms with Gasteiger partial charge in [0.25, 0.3) is 0 Å². The normalized spacial score (nSPS) is 13.2. The minimum Gasteiger partial charge on any atom is -0.391 e. The number of halogens is 1. The Morgan fingerprint density at radius 3 is 2.63 bits per heavy atom. The molecule has 19 heavy (non-hydrogen) atoms. The first-order valence-electron chi connectivity index (χ1n) is 6.50. The third kappa shape index (κ3) is 5.83. The van der Waals surface area contributed by atoms with E-state index in [1.165, 1.54) is 0 Å². The average Bonchev–Trinajstić information content (AvgIpc) is 2.28. The lowest BCUT2D eigenvalue weighted by Gasteiger charge is -2.22. The molecule has 5 nitrogen and oxygen atoms in total. The summed E-state index contributed by atoms with van der Waals surface area (Å²) in [5.41, 5.74) is 0.0280. The highest BCUT2D eigenvalue weighted by Gasteiger charge is 2.17. The number of nitrogens with one attached hydrogen (secondary N) is 2. The maximum Gasteiger partial charge on any atom is 0.224 e. The number of aliphatic hydroxyl groups excluding tert-OH is 1. The van der Waals surface area contributed by atoms with Crippen molar-refractivity contribution in [1.29, 1.82) is 0 Å². The molecule has 0 amide bonds. The Bertz CT molecular complexity index is 406. The summed E-state index contributed by atoms with van der Waals surface area (Å²) in [5, 5.41) is 15.6. The fourth-order valence-electron chi connectivity index (χ4n) is 1.73. The largest absolute Gasteiger partial charge is 0.391 e. The molecule has 0 bridgehead atoms. The molecule has 0 saturated carbocycles. The molecule has 1 rings (SSSR count). The van der Waals surface area contributed by atoms with Gasteiger partial charge in [-0.2, -0.15) is 4.98 Å². The van der Waals surface area contributed by atoms with Crippen LogP contribution in [0, 0.1) is 11.2 Å². The molecule has 6 heteroatoms. The van der Waals surface area contributed by atoms with E-state index in [1.807, 2.05) is 27.7 Å². The molecular formula is C13H23FN4O. The van der Waals surface area contributed by atoms with Gasteiger partial charge in [-0.05, 0) is 18.8 Å². The summed E-state index contributed by atoms with van der Waals surface area (Å²) in [6, 6.07) is 0. The maximum atomic E-state index is 13.5. The van der Waals surface area contributed by atoms with Crippen LogP contribution in [0.2, 0.25) is 0 Å². The second-order valence-corrected chi connectivity index (χ2v) is 5.72. The van der Waals surface area contributed by atoms with Crippen molar-refractivity contribution in [1.82, 2.24) is 9.97 Å². The zero-order valence-corrected chi connectivity index (χ0v) is 12.0. The van der Waals surface area contributed by atoms with Crippen molar-refractivity contribution in [3.8, 4) is 0 Å². The fraction of sp³-hybridized carbons (Fsp3) is 0.692. The molecule has 1 aromatic heterocycles. The van der Waals surface area contributed by atoms with Crippen LogP contribution in [0.1, 0.15) is 34.1 Å². The summed E-state index contributed by atoms with van der Waals surface area (Å²) in [4.78, 5) is 7.83. The van der Waals surface area contributed by atoms with E-state index in [9.17, 15) is 9.50 Å². The number of rotatable bonds is 6. The molecule has 1 atom stereocenters. The Balaban J connectivity index is 2.59. The molecule has 108 valence electrons. The Labute approximate surface area is 113 Å². The number of aromatic nitrogens is 2. The molecule has 0 radical (unpaired) electrons. The summed E-state index contributed by atoms with van der Waals surface area (Å²) in [6.45, 7) is 8.97. The van der Waals surface area contributed by atoms with Crippen LogP contribution < -0.4 is 10.6 Å². The first kappa shape index (κ1) is 15.6. The van der Waals surface area contributed by atoms with Crippen LogP contribution in [0.5, 0.6) is 0 Å². The molecule has 1 heterocycles. The van der Waals surface area contributed by atoms with Crippen LogP contribution in [0.25, 0.3) is 0 Å². The van der Waals surface area contributed by atoms with Crippen LogP contribution in [-0.4, -0.2) is 34.3 Å². The zero-order valence-electron chi connectivity index (χ0n) is 12.0. The third-order valence-electron chi connectivity index (χ3n) is 2.43. The number of anilines is 2. The Hall–Kier alpha value is -1.43. The van der Waals surface area contributed by atoms with Crippen molar-refractivity contribution in [2.75, 3.05) is 23.7 Å². The monoisotopic (exact) mass is 270 g/mol. The van der Waals surface area contributed by atoms with Gasteiger partial charge in [0.1, 0.15) is 0 Å². The molecule has 3 N–H and O–H groups in total. The van der Waals surface area contributed by atoms with Gasteiger partial charge in [-0.15, -0.1) is 0 Å². The maximum absolute atomic E-state index is 13.5. The van der Waals surface area contributed by atoms with Crippen LogP contribution >= 0.6 is 0 Å². The topological polar surface area (TPSA) is 70.1 Å². The van der Waals surface area contributed by atoms with Crippen molar-refractivity contribution in [2.45, 2.75) is 40.2 Å². The van der Waals surface area contributed by atoms with Gasteiger partial charge in [0, 0.05) is 13.1 Å². The van der Waals surface area contributed by atoms with Gasteiger partial charge < -0.3 is 15.7 Å². The van der Waals surface area contributed by atoms with E-state index in [0.717, 1.165) is 6.20 Å². The van der Waals surface area contributed by atoms with Crippen LogP contribution in [-0.2, 0) is 0 Å². The molecular weight excluding hydrogens is 247 g/mol. The summed E-state index contributed by atoms with van der Waals surface area (Å²) in [6.07, 6.45) is 1.20. The van der Waals surface area contributed by atoms with Gasteiger partial charge in [-0.3, -0.25) is 0 Å². The minimum absolute atomic E-state index is 0.0280. The van der Waals surface area contributed by atoms with E-state index in [2.05, 4.69) is 20.6 Å². The number of aliphatic hydroxyl groups is 1. The van der Waals surface area contributed by atoms with Gasteiger partial charge in [-0.1, -0.05) is 20.8 Å². The minimum atomic E-state index is -0.544. The molecule has 1 aromatic rings. The predicted octanol–water partition coefficient (Wildman–Crippen LogP) is 2.26. The number of hydrogen-bond acceptors (Lipinski definition) is 5. The molecule has 0 aliphatic rings. The lowest BCUT2D eigenvalue weighted by Crippen LogP contribution is -2.25. The quantitative estimate of drug-likeness (QED) is 0.739. The van der Waals surface area contributed by atoms with Crippen molar-refractivity contribution in [3.63, 3.8) is 0 Å². The second-order valence-electron chi connectivity index (χ2n) is 5.72. The number of nitrogens with zero attached hydrogens (tertiary/aromatic N) is 2. The summed E-state index contributed by atoms with van der Waals surface area (Å²) < 4.78 is 13.5. The van der Waals surface area contributed by atoms with Crippen molar-refractivity contribution in [3.05, 3.63) is 12.0 Å². The van der Waals surface area contributed by atoms with Crippen LogP contribution in [0.3, 0.4) is 0 Å². The lowest BCUT2D eigenvalue weighted by molar-refractivity contribution is 0.132. The second kappa shape index (κ2) is 6.65. The van der Waals surface area contributed by atoms with E-state index < -0.39 is 11.9 Å². The van der Waals surface area contributed by atoms with Gasteiger partial charge in [-0.25, -0.2) is 9.37 Å². The average molecular weight is 270 g/mol. The molecule has 0 spiro atoms. The molecule has 1 unspecified atom stereocenters. The van der Waals surface area contributed by atoms with E-state index in [4.69, 9.17) is 0 Å². The highest BCUT2D eigenvalue weighted by atomic mass is 19.1. The molecule has 0 fully saturated rings. The third-order valence-corrected chi connectivity index (χ3v) is 2.43. The van der Waals surface area contributed by atoms with Crippen molar-refractivity contribution >= 4 is 11.8 Å². The van der Waals surface area contributed by atoms with E-state index in [-0.39, 0.29) is 17.8 Å². The molecule has 0 aliphatic heterocycles. The Kier molecular flexibility index (Phi) is 5.47. The number of hydrogen-bond donors (Lipinski definition) is 3. The summed E-state index contributed by atoms with van der Waals surface area (Å²) >= 11 is 0. The molecule has 0 aromatic carbocycles. The summed E-state index contributed by atoms with van der Waals surface area (Å²) in [7, 11) is 0. The SMILES string of the molecule is CCNc1ncc(F)c(NCC(O)CC(C)(C)C)n1. The Morgan fingerprint density at radius 1 is 1.37 bits per heavy atom. The van der Waals surface area contributed by atoms with Gasteiger partial charge >= 0.3 is 0 Å². The standard InChI is InChI=1S/C13H23FN4O/c1-5-15-12-17-8-10(14)11(18-12)16-7-9(19)6-13(2,3)4/h8-9,19H,5-7H2,1-4H3,(H2,15,16,17,18). The lowest BCUT2D eigenvalue weighted by atomic mass is 9.89. The highest BCUT2D eigenvalue weighted by Crippen LogP contribution is 2.21. The van der Waals surface area contributed by atoms with Crippen LogP contribution in [0.4, 0.5) is 16.2 Å². The van der Waals surface area contributed by atoms with E-state index >= 15 is 0 Å². The first-order chi connectivity index (χ1) is 8.81. The van der Waals surface area contributed by atoms with Crippen molar-refractivity contribution < 1.29 is 9.50 Å². The van der Waals surface area contributed by atoms with Crippen LogP contribution in [0.15, 0.2) is 6.20 Å². The molecule has 0 saturated heterocycles. The predicted molar refractivity (Wildman–Crippen MR) is 74.7 cm³/mol. The van der Waals surface area contributed by atoms with E-state index in [1.54, 1.807) is 0 Å². The smallest absolute Gasteiger partial charge is 0.224 e. The van der Waals surface area contributed by atoms with Gasteiger partial charge in [0.05, 0.1) is 12.3 Å². The van der Waals surface area contributed by atoms with Crippen molar-refractivity contribution in [2.24, 2.45) is 5.41 Å². The van der Waals surface area contributed by atoms with Gasteiger partial charge in [0.2, 0.25) is 5.95 Å². The van der Waals surface area contributed by atoms with E-state index in [0.29, 0.717) is 18.9 Å². The molecule has 0 aliphatic carbocycles. The highest BCUT2D eigenvalue weighted by molar-refractivity contribution is 5.41.